The third kappa shape index (κ3) is 2.99. The smallest absolute Gasteiger partial charge is 0.260 e. The predicted molar refractivity (Wildman–Crippen MR) is 92.3 cm³/mol. The van der Waals surface area contributed by atoms with Gasteiger partial charge in [-0.2, -0.15) is 0 Å². The monoisotopic (exact) mass is 312 g/mol. The molecule has 0 spiro atoms. The minimum absolute atomic E-state index is 0.150. The van der Waals surface area contributed by atoms with Crippen LogP contribution in [0.25, 0.3) is 0 Å². The molecule has 0 saturated heterocycles. The van der Waals surface area contributed by atoms with Crippen molar-refractivity contribution in [3.8, 4) is 0 Å². The molecule has 122 valence electrons. The molecular weight excluding hydrogens is 288 g/mol. The van der Waals surface area contributed by atoms with Gasteiger partial charge in [0, 0.05) is 18.7 Å². The second-order valence-corrected chi connectivity index (χ2v) is 6.18. The van der Waals surface area contributed by atoms with Crippen LogP contribution in [0.4, 0.5) is 0 Å². The van der Waals surface area contributed by atoms with Gasteiger partial charge in [0.2, 0.25) is 5.91 Å². The fourth-order valence-corrected chi connectivity index (χ4v) is 3.17. The Morgan fingerprint density at radius 1 is 1.13 bits per heavy atom. The lowest BCUT2D eigenvalue weighted by atomic mass is 9.69. The van der Waals surface area contributed by atoms with Crippen molar-refractivity contribution >= 4 is 11.8 Å². The predicted octanol–water partition coefficient (Wildman–Crippen LogP) is 2.62. The first-order valence-corrected chi connectivity index (χ1v) is 7.80. The SMILES string of the molecule is C=CCC1(CC=C)C(=O)N(CCN(C)C)C(=O)c2ccccc21. The molecule has 1 aliphatic heterocycles. The van der Waals surface area contributed by atoms with Gasteiger partial charge in [-0.3, -0.25) is 14.5 Å². The molecule has 0 atom stereocenters. The summed E-state index contributed by atoms with van der Waals surface area (Å²) in [5.74, 6) is -0.362. The van der Waals surface area contributed by atoms with E-state index in [1.165, 1.54) is 4.90 Å². The lowest BCUT2D eigenvalue weighted by Crippen LogP contribution is -2.55. The number of rotatable bonds is 7. The van der Waals surface area contributed by atoms with Gasteiger partial charge in [-0.15, -0.1) is 13.2 Å². The number of allylic oxidation sites excluding steroid dienone is 2. The number of likely N-dealkylation sites (N-methyl/N-ethyl adjacent to an activating group) is 1. The van der Waals surface area contributed by atoms with E-state index >= 15 is 0 Å². The zero-order valence-corrected chi connectivity index (χ0v) is 13.9. The highest BCUT2D eigenvalue weighted by molar-refractivity contribution is 6.13. The van der Waals surface area contributed by atoms with Gasteiger partial charge in [0.05, 0.1) is 5.41 Å². The molecule has 0 unspecified atom stereocenters. The van der Waals surface area contributed by atoms with E-state index < -0.39 is 5.41 Å². The number of nitrogens with zero attached hydrogens (tertiary/aromatic N) is 2. The van der Waals surface area contributed by atoms with Gasteiger partial charge in [0.1, 0.15) is 0 Å². The van der Waals surface area contributed by atoms with Crippen LogP contribution in [-0.4, -0.2) is 48.8 Å². The quantitative estimate of drug-likeness (QED) is 0.574. The van der Waals surface area contributed by atoms with Gasteiger partial charge >= 0.3 is 0 Å². The number of benzene rings is 1. The van der Waals surface area contributed by atoms with Gasteiger partial charge < -0.3 is 4.90 Å². The normalized spacial score (nSPS) is 16.4. The van der Waals surface area contributed by atoms with E-state index in [9.17, 15) is 9.59 Å². The average molecular weight is 312 g/mol. The molecule has 2 rings (SSSR count). The molecule has 4 nitrogen and oxygen atoms in total. The maximum absolute atomic E-state index is 13.2. The van der Waals surface area contributed by atoms with Crippen LogP contribution in [-0.2, 0) is 10.2 Å². The Morgan fingerprint density at radius 3 is 2.30 bits per heavy atom. The lowest BCUT2D eigenvalue weighted by Gasteiger charge is -2.41. The summed E-state index contributed by atoms with van der Waals surface area (Å²) in [6.45, 7) is 8.64. The fraction of sp³-hybridized carbons (Fsp3) is 0.368. The second-order valence-electron chi connectivity index (χ2n) is 6.18. The summed E-state index contributed by atoms with van der Waals surface area (Å²) in [6.07, 6.45) is 4.47. The third-order valence-corrected chi connectivity index (χ3v) is 4.33. The number of hydrogen-bond donors (Lipinski definition) is 0. The van der Waals surface area contributed by atoms with Crippen molar-refractivity contribution in [2.75, 3.05) is 27.2 Å². The van der Waals surface area contributed by atoms with E-state index in [2.05, 4.69) is 13.2 Å². The van der Waals surface area contributed by atoms with E-state index in [-0.39, 0.29) is 11.8 Å². The minimum atomic E-state index is -0.777. The summed E-state index contributed by atoms with van der Waals surface area (Å²) in [6, 6.07) is 7.38. The van der Waals surface area contributed by atoms with E-state index in [1.807, 2.05) is 37.2 Å². The molecule has 0 bridgehead atoms. The summed E-state index contributed by atoms with van der Waals surface area (Å²) in [5, 5.41) is 0. The fourth-order valence-electron chi connectivity index (χ4n) is 3.17. The number of carbonyl (C=O) groups excluding carboxylic acids is 2. The standard InChI is InChI=1S/C19H24N2O2/c1-5-11-19(12-6-2)16-10-8-7-9-15(16)17(22)21(18(19)23)14-13-20(3)4/h5-10H,1-2,11-14H2,3-4H3. The topological polar surface area (TPSA) is 40.6 Å². The molecule has 1 aromatic rings. The van der Waals surface area contributed by atoms with Crippen LogP contribution >= 0.6 is 0 Å². The van der Waals surface area contributed by atoms with Crippen LogP contribution in [0.3, 0.4) is 0 Å². The van der Waals surface area contributed by atoms with Crippen molar-refractivity contribution in [1.29, 1.82) is 0 Å². The van der Waals surface area contributed by atoms with Crippen molar-refractivity contribution in [2.45, 2.75) is 18.3 Å². The highest BCUT2D eigenvalue weighted by Crippen LogP contribution is 2.40. The molecule has 0 saturated carbocycles. The van der Waals surface area contributed by atoms with Crippen molar-refractivity contribution < 1.29 is 9.59 Å². The average Bonchev–Trinajstić information content (AvgIpc) is 2.53. The largest absolute Gasteiger partial charge is 0.308 e. The van der Waals surface area contributed by atoms with Crippen molar-refractivity contribution in [2.24, 2.45) is 0 Å². The summed E-state index contributed by atoms with van der Waals surface area (Å²) in [4.78, 5) is 29.3. The Hall–Kier alpha value is -2.20. The molecule has 1 aliphatic rings. The van der Waals surface area contributed by atoms with Crippen molar-refractivity contribution in [1.82, 2.24) is 9.80 Å². The zero-order valence-electron chi connectivity index (χ0n) is 13.9. The van der Waals surface area contributed by atoms with E-state index in [4.69, 9.17) is 0 Å². The summed E-state index contributed by atoms with van der Waals surface area (Å²) >= 11 is 0. The molecule has 1 heterocycles. The maximum Gasteiger partial charge on any atom is 0.260 e. The Morgan fingerprint density at radius 2 is 1.74 bits per heavy atom. The van der Waals surface area contributed by atoms with Crippen molar-refractivity contribution in [3.63, 3.8) is 0 Å². The zero-order chi connectivity index (χ0) is 17.0. The van der Waals surface area contributed by atoms with Gasteiger partial charge in [-0.25, -0.2) is 0 Å². The van der Waals surface area contributed by atoms with Gasteiger partial charge in [0.25, 0.3) is 5.91 Å². The number of hydrogen-bond acceptors (Lipinski definition) is 3. The first-order chi connectivity index (χ1) is 11.0. The van der Waals surface area contributed by atoms with Crippen LogP contribution in [0.15, 0.2) is 49.6 Å². The molecular formula is C19H24N2O2. The minimum Gasteiger partial charge on any atom is -0.308 e. The molecule has 0 aliphatic carbocycles. The first kappa shape index (κ1) is 17.2. The van der Waals surface area contributed by atoms with Crippen LogP contribution in [0.1, 0.15) is 28.8 Å². The summed E-state index contributed by atoms with van der Waals surface area (Å²) in [5.41, 5.74) is 0.616. The summed E-state index contributed by atoms with van der Waals surface area (Å²) in [7, 11) is 3.85. The van der Waals surface area contributed by atoms with Gasteiger partial charge in [-0.1, -0.05) is 30.4 Å². The molecule has 1 aromatic carbocycles. The molecule has 4 heteroatoms. The lowest BCUT2D eigenvalue weighted by molar-refractivity contribution is -0.135. The highest BCUT2D eigenvalue weighted by atomic mass is 16.2. The molecule has 0 aromatic heterocycles. The number of amides is 2. The molecule has 0 N–H and O–H groups in total. The highest BCUT2D eigenvalue weighted by Gasteiger charge is 2.48. The Kier molecular flexibility index (Phi) is 5.16. The van der Waals surface area contributed by atoms with E-state index in [0.29, 0.717) is 31.5 Å². The Bertz CT molecular complexity index is 624. The number of carbonyl (C=O) groups is 2. The number of imide groups is 1. The Labute approximate surface area is 138 Å². The van der Waals surface area contributed by atoms with Crippen LogP contribution in [0.5, 0.6) is 0 Å². The van der Waals surface area contributed by atoms with Crippen LogP contribution in [0, 0.1) is 0 Å². The van der Waals surface area contributed by atoms with E-state index in [0.717, 1.165) is 5.56 Å². The van der Waals surface area contributed by atoms with Crippen molar-refractivity contribution in [3.05, 3.63) is 60.7 Å². The Balaban J connectivity index is 2.57. The van der Waals surface area contributed by atoms with Gasteiger partial charge in [0.15, 0.2) is 0 Å². The second kappa shape index (κ2) is 6.92. The van der Waals surface area contributed by atoms with Crippen LogP contribution in [0.2, 0.25) is 0 Å². The maximum atomic E-state index is 13.2. The molecule has 0 radical (unpaired) electrons. The molecule has 2 amide bonds. The third-order valence-electron chi connectivity index (χ3n) is 4.33. The van der Waals surface area contributed by atoms with Gasteiger partial charge in [-0.05, 0) is 38.6 Å². The van der Waals surface area contributed by atoms with E-state index in [1.54, 1.807) is 18.2 Å². The van der Waals surface area contributed by atoms with Crippen LogP contribution < -0.4 is 0 Å². The first-order valence-electron chi connectivity index (χ1n) is 7.80. The number of fused-ring (bicyclic) bond motifs is 1. The molecule has 0 fully saturated rings. The summed E-state index contributed by atoms with van der Waals surface area (Å²) < 4.78 is 0. The molecule has 23 heavy (non-hydrogen) atoms.